The third-order valence-corrected chi connectivity index (χ3v) is 2.66. The van der Waals surface area contributed by atoms with Crippen LogP contribution in [-0.4, -0.2) is 83.2 Å². The molecule has 0 radical (unpaired) electrons. The average Bonchev–Trinajstić information content (AvgIpc) is 2.34. The summed E-state index contributed by atoms with van der Waals surface area (Å²) < 4.78 is 44.6. The van der Waals surface area contributed by atoms with E-state index < -0.39 is 10.1 Å². The first kappa shape index (κ1) is 18.7. The van der Waals surface area contributed by atoms with E-state index in [4.69, 9.17) is 23.9 Å². The van der Waals surface area contributed by atoms with Gasteiger partial charge in [-0.05, 0) is 0 Å². The second-order valence-corrected chi connectivity index (χ2v) is 5.17. The number of aliphatic hydroxyl groups is 1. The molecule has 116 valence electrons. The van der Waals surface area contributed by atoms with Gasteiger partial charge >= 0.3 is 0 Å². The lowest BCUT2D eigenvalue weighted by atomic mass is 10.6. The zero-order valence-corrected chi connectivity index (χ0v) is 11.7. The van der Waals surface area contributed by atoms with E-state index in [1.807, 2.05) is 0 Å². The van der Waals surface area contributed by atoms with Crippen LogP contribution in [0.2, 0.25) is 0 Å². The lowest BCUT2D eigenvalue weighted by Crippen LogP contribution is -2.26. The summed E-state index contributed by atoms with van der Waals surface area (Å²) in [5.41, 5.74) is 0. The number of hydrogen-bond acceptors (Lipinski definition) is 7. The fraction of sp³-hybridized carbons (Fsp3) is 1.00. The van der Waals surface area contributed by atoms with Crippen molar-refractivity contribution in [3.63, 3.8) is 0 Å². The maximum absolute atomic E-state index is 10.4. The third-order valence-electron chi connectivity index (χ3n) is 1.94. The molecule has 8 nitrogen and oxygen atoms in total. The van der Waals surface area contributed by atoms with Crippen LogP contribution < -0.4 is 5.32 Å². The van der Waals surface area contributed by atoms with Gasteiger partial charge in [-0.3, -0.25) is 4.55 Å². The number of ether oxygens (including phenoxy) is 3. The van der Waals surface area contributed by atoms with Crippen molar-refractivity contribution in [2.45, 2.75) is 0 Å². The van der Waals surface area contributed by atoms with Crippen molar-refractivity contribution in [2.75, 3.05) is 65.1 Å². The molecule has 0 aromatic rings. The van der Waals surface area contributed by atoms with Gasteiger partial charge in [-0.15, -0.1) is 0 Å². The van der Waals surface area contributed by atoms with Crippen LogP contribution in [0.5, 0.6) is 0 Å². The number of aliphatic hydroxyl groups excluding tert-OH is 1. The average molecular weight is 301 g/mol. The molecular formula is C10H23NO7S. The molecule has 9 heteroatoms. The van der Waals surface area contributed by atoms with Gasteiger partial charge in [0.25, 0.3) is 10.1 Å². The predicted octanol–water partition coefficient (Wildman–Crippen LogP) is -1.49. The Morgan fingerprint density at radius 1 is 0.842 bits per heavy atom. The summed E-state index contributed by atoms with van der Waals surface area (Å²) in [6.07, 6.45) is 0. The quantitative estimate of drug-likeness (QED) is 0.262. The Hall–Kier alpha value is -0.290. The highest BCUT2D eigenvalue weighted by Gasteiger charge is 2.02. The minimum Gasteiger partial charge on any atom is -0.394 e. The smallest absolute Gasteiger partial charge is 0.266 e. The first-order valence-electron chi connectivity index (χ1n) is 6.06. The van der Waals surface area contributed by atoms with E-state index in [1.54, 1.807) is 0 Å². The largest absolute Gasteiger partial charge is 0.394 e. The lowest BCUT2D eigenvalue weighted by Gasteiger charge is -2.07. The van der Waals surface area contributed by atoms with Crippen LogP contribution in [0, 0.1) is 0 Å². The molecule has 0 unspecified atom stereocenters. The third kappa shape index (κ3) is 17.7. The molecule has 0 fully saturated rings. The molecule has 0 aliphatic heterocycles. The minimum absolute atomic E-state index is 0.00763. The first-order valence-corrected chi connectivity index (χ1v) is 7.67. The highest BCUT2D eigenvalue weighted by atomic mass is 32.2. The van der Waals surface area contributed by atoms with Crippen molar-refractivity contribution < 1.29 is 32.3 Å². The second kappa shape index (κ2) is 12.7. The fourth-order valence-electron chi connectivity index (χ4n) is 1.08. The van der Waals surface area contributed by atoms with Crippen LogP contribution in [0.15, 0.2) is 0 Å². The maximum atomic E-state index is 10.4. The van der Waals surface area contributed by atoms with E-state index in [9.17, 15) is 8.42 Å². The van der Waals surface area contributed by atoms with E-state index in [1.165, 1.54) is 0 Å². The zero-order chi connectivity index (χ0) is 14.4. The summed E-state index contributed by atoms with van der Waals surface area (Å²) in [5.74, 6) is -0.302. The summed E-state index contributed by atoms with van der Waals surface area (Å²) in [4.78, 5) is 0. The number of hydrogen-bond donors (Lipinski definition) is 3. The summed E-state index contributed by atoms with van der Waals surface area (Å²) in [7, 11) is -3.89. The second-order valence-electron chi connectivity index (χ2n) is 3.60. The van der Waals surface area contributed by atoms with Gasteiger partial charge in [0, 0.05) is 13.1 Å². The van der Waals surface area contributed by atoms with Gasteiger partial charge in [-0.25, -0.2) is 0 Å². The van der Waals surface area contributed by atoms with Crippen LogP contribution in [0.4, 0.5) is 0 Å². The molecule has 0 aromatic heterocycles. The van der Waals surface area contributed by atoms with Gasteiger partial charge in [0.15, 0.2) is 0 Å². The summed E-state index contributed by atoms with van der Waals surface area (Å²) >= 11 is 0. The molecule has 0 saturated heterocycles. The molecule has 3 N–H and O–H groups in total. The molecule has 0 atom stereocenters. The van der Waals surface area contributed by atoms with Crippen molar-refractivity contribution in [2.24, 2.45) is 0 Å². The van der Waals surface area contributed by atoms with Crippen LogP contribution in [-0.2, 0) is 24.3 Å². The standard InChI is InChI=1S/C10H23NO7S/c12-3-5-17-7-9-18-8-6-16-4-1-11-2-10-19(13,14)15/h11-12H,1-10H2,(H,13,14,15). The molecule has 0 amide bonds. The van der Waals surface area contributed by atoms with Gasteiger partial charge in [-0.1, -0.05) is 0 Å². The van der Waals surface area contributed by atoms with Crippen LogP contribution in [0.3, 0.4) is 0 Å². The van der Waals surface area contributed by atoms with Gasteiger partial charge < -0.3 is 24.6 Å². The van der Waals surface area contributed by atoms with E-state index in [0.717, 1.165) is 0 Å². The molecule has 0 aliphatic rings. The Balaban J connectivity index is 3.03. The summed E-state index contributed by atoms with van der Waals surface area (Å²) in [6.45, 7) is 3.26. The highest BCUT2D eigenvalue weighted by molar-refractivity contribution is 7.85. The van der Waals surface area contributed by atoms with Crippen molar-refractivity contribution in [3.05, 3.63) is 0 Å². The van der Waals surface area contributed by atoms with Crippen LogP contribution in [0.1, 0.15) is 0 Å². The molecule has 0 aliphatic carbocycles. The Morgan fingerprint density at radius 2 is 1.37 bits per heavy atom. The fourth-order valence-corrected chi connectivity index (χ4v) is 1.48. The van der Waals surface area contributed by atoms with E-state index >= 15 is 0 Å². The van der Waals surface area contributed by atoms with Crippen molar-refractivity contribution in [3.8, 4) is 0 Å². The van der Waals surface area contributed by atoms with Gasteiger partial charge in [0.1, 0.15) is 0 Å². The Kier molecular flexibility index (Phi) is 12.5. The number of nitrogens with one attached hydrogen (secondary N) is 1. The van der Waals surface area contributed by atoms with Crippen molar-refractivity contribution >= 4 is 10.1 Å². The van der Waals surface area contributed by atoms with Crippen LogP contribution >= 0.6 is 0 Å². The maximum Gasteiger partial charge on any atom is 0.266 e. The van der Waals surface area contributed by atoms with Gasteiger partial charge in [-0.2, -0.15) is 8.42 Å². The molecule has 0 saturated carbocycles. The lowest BCUT2D eigenvalue weighted by molar-refractivity contribution is 0.00825. The summed E-state index contributed by atoms with van der Waals surface area (Å²) in [5, 5.41) is 11.3. The van der Waals surface area contributed by atoms with E-state index in [-0.39, 0.29) is 18.9 Å². The first-order chi connectivity index (χ1) is 9.06. The normalized spacial score (nSPS) is 11.9. The van der Waals surface area contributed by atoms with Gasteiger partial charge in [0.05, 0.1) is 52.0 Å². The van der Waals surface area contributed by atoms with Gasteiger partial charge in [0.2, 0.25) is 0 Å². The molecule has 19 heavy (non-hydrogen) atoms. The highest BCUT2D eigenvalue weighted by Crippen LogP contribution is 1.81. The monoisotopic (exact) mass is 301 g/mol. The topological polar surface area (TPSA) is 114 Å². The molecule has 0 spiro atoms. The Labute approximate surface area is 113 Å². The Morgan fingerprint density at radius 3 is 1.89 bits per heavy atom. The molecule has 0 rings (SSSR count). The SMILES string of the molecule is O=S(=O)(O)CCNCCOCCOCCOCCO. The molecular weight excluding hydrogens is 278 g/mol. The molecule has 0 aromatic carbocycles. The molecule has 0 heterocycles. The van der Waals surface area contributed by atoms with Crippen LogP contribution in [0.25, 0.3) is 0 Å². The summed E-state index contributed by atoms with van der Waals surface area (Å²) in [6, 6.07) is 0. The number of rotatable bonds is 14. The van der Waals surface area contributed by atoms with E-state index in [0.29, 0.717) is 46.2 Å². The van der Waals surface area contributed by atoms with Crippen molar-refractivity contribution in [1.82, 2.24) is 5.32 Å². The van der Waals surface area contributed by atoms with E-state index in [2.05, 4.69) is 5.32 Å². The predicted molar refractivity (Wildman–Crippen MR) is 68.8 cm³/mol. The zero-order valence-electron chi connectivity index (χ0n) is 10.9. The van der Waals surface area contributed by atoms with Crippen molar-refractivity contribution in [1.29, 1.82) is 0 Å². The molecule has 0 bridgehead atoms. The minimum atomic E-state index is -3.89. The Bertz CT molecular complexity index is 284.